The number of hydrogen-bond acceptors (Lipinski definition) is 3. The lowest BCUT2D eigenvalue weighted by atomic mass is 9.78. The van der Waals surface area contributed by atoms with Gasteiger partial charge >= 0.3 is 0 Å². The van der Waals surface area contributed by atoms with Crippen molar-refractivity contribution in [3.63, 3.8) is 0 Å². The molecule has 0 saturated carbocycles. The van der Waals surface area contributed by atoms with Crippen molar-refractivity contribution in [2.75, 3.05) is 19.8 Å². The summed E-state index contributed by atoms with van der Waals surface area (Å²) < 4.78 is 11.5. The molecule has 2 saturated heterocycles. The Kier molecular flexibility index (Phi) is 4.79. The Labute approximate surface area is 110 Å². The van der Waals surface area contributed by atoms with E-state index in [9.17, 15) is 4.79 Å². The summed E-state index contributed by atoms with van der Waals surface area (Å²) in [5, 5.41) is 0. The SMILES string of the molecule is CC(C)C(=O)CCC1CCOC2(CCOCC2)C1. The van der Waals surface area contributed by atoms with Gasteiger partial charge in [0.15, 0.2) is 0 Å². The molecule has 0 bridgehead atoms. The Balaban J connectivity index is 1.81. The molecule has 18 heavy (non-hydrogen) atoms. The average Bonchev–Trinajstić information content (AvgIpc) is 2.37. The van der Waals surface area contributed by atoms with E-state index in [1.807, 2.05) is 13.8 Å². The van der Waals surface area contributed by atoms with Gasteiger partial charge in [-0.05, 0) is 38.0 Å². The smallest absolute Gasteiger partial charge is 0.135 e. The molecule has 0 aromatic carbocycles. The Bertz CT molecular complexity index is 274. The zero-order valence-electron chi connectivity index (χ0n) is 11.7. The molecule has 0 N–H and O–H groups in total. The maximum Gasteiger partial charge on any atom is 0.135 e. The molecule has 0 aliphatic carbocycles. The first kappa shape index (κ1) is 14.0. The highest BCUT2D eigenvalue weighted by Crippen LogP contribution is 2.38. The standard InChI is InChI=1S/C15H26O3/c1-12(2)14(16)4-3-13-5-8-18-15(11-13)6-9-17-10-7-15/h12-13H,3-11H2,1-2H3. The first-order valence-electron chi connectivity index (χ1n) is 7.36. The molecule has 2 heterocycles. The minimum atomic E-state index is 0.0715. The lowest BCUT2D eigenvalue weighted by molar-refractivity contribution is -0.148. The summed E-state index contributed by atoms with van der Waals surface area (Å²) in [6.45, 7) is 6.51. The molecule has 1 spiro atoms. The van der Waals surface area contributed by atoms with Gasteiger partial charge in [0.2, 0.25) is 0 Å². The first-order valence-corrected chi connectivity index (χ1v) is 7.36. The van der Waals surface area contributed by atoms with Crippen LogP contribution in [0.5, 0.6) is 0 Å². The van der Waals surface area contributed by atoms with Gasteiger partial charge in [0.05, 0.1) is 5.60 Å². The highest BCUT2D eigenvalue weighted by atomic mass is 16.5. The minimum absolute atomic E-state index is 0.0715. The van der Waals surface area contributed by atoms with Crippen LogP contribution in [0.2, 0.25) is 0 Å². The maximum absolute atomic E-state index is 11.7. The van der Waals surface area contributed by atoms with Crippen LogP contribution >= 0.6 is 0 Å². The topological polar surface area (TPSA) is 35.5 Å². The molecule has 3 heteroatoms. The van der Waals surface area contributed by atoms with Crippen molar-refractivity contribution in [3.05, 3.63) is 0 Å². The third-order valence-electron chi connectivity index (χ3n) is 4.44. The number of carbonyl (C=O) groups excluding carboxylic acids is 1. The summed E-state index contributed by atoms with van der Waals surface area (Å²) in [5.41, 5.74) is 0.0715. The van der Waals surface area contributed by atoms with Crippen molar-refractivity contribution in [3.8, 4) is 0 Å². The second-order valence-electron chi connectivity index (χ2n) is 6.16. The zero-order valence-corrected chi connectivity index (χ0v) is 11.7. The number of ketones is 1. The molecule has 1 atom stereocenters. The first-order chi connectivity index (χ1) is 8.61. The van der Waals surface area contributed by atoms with Gasteiger partial charge in [-0.25, -0.2) is 0 Å². The van der Waals surface area contributed by atoms with Crippen molar-refractivity contribution in [1.82, 2.24) is 0 Å². The molecule has 0 aromatic heterocycles. The van der Waals surface area contributed by atoms with Crippen molar-refractivity contribution in [2.45, 2.75) is 58.0 Å². The molecule has 2 aliphatic heterocycles. The van der Waals surface area contributed by atoms with Crippen molar-refractivity contribution < 1.29 is 14.3 Å². The zero-order chi connectivity index (χ0) is 13.0. The van der Waals surface area contributed by atoms with E-state index in [0.717, 1.165) is 58.3 Å². The molecule has 2 fully saturated rings. The third-order valence-corrected chi connectivity index (χ3v) is 4.44. The van der Waals surface area contributed by atoms with Gasteiger partial charge in [0.1, 0.15) is 5.78 Å². The predicted molar refractivity (Wildman–Crippen MR) is 70.5 cm³/mol. The Morgan fingerprint density at radius 3 is 2.67 bits per heavy atom. The average molecular weight is 254 g/mol. The van der Waals surface area contributed by atoms with Crippen LogP contribution in [-0.4, -0.2) is 31.2 Å². The minimum Gasteiger partial charge on any atom is -0.381 e. The van der Waals surface area contributed by atoms with Crippen LogP contribution in [0.25, 0.3) is 0 Å². The molecular weight excluding hydrogens is 228 g/mol. The lowest BCUT2D eigenvalue weighted by Crippen LogP contribution is -2.44. The predicted octanol–water partition coefficient (Wildman–Crippen LogP) is 2.97. The Hall–Kier alpha value is -0.410. The third kappa shape index (κ3) is 3.55. The Morgan fingerprint density at radius 2 is 2.00 bits per heavy atom. The molecular formula is C15H26O3. The summed E-state index contributed by atoms with van der Waals surface area (Å²) in [6.07, 6.45) is 6.09. The van der Waals surface area contributed by atoms with Crippen LogP contribution in [0.15, 0.2) is 0 Å². The van der Waals surface area contributed by atoms with E-state index >= 15 is 0 Å². The van der Waals surface area contributed by atoms with Gasteiger partial charge in [-0.1, -0.05) is 13.8 Å². The molecule has 0 radical (unpaired) electrons. The van der Waals surface area contributed by atoms with E-state index in [0.29, 0.717) is 11.7 Å². The summed E-state index contributed by atoms with van der Waals surface area (Å²) >= 11 is 0. The normalized spacial score (nSPS) is 27.6. The number of ether oxygens (including phenoxy) is 2. The van der Waals surface area contributed by atoms with Crippen molar-refractivity contribution in [2.24, 2.45) is 11.8 Å². The lowest BCUT2D eigenvalue weighted by Gasteiger charge is -2.43. The quantitative estimate of drug-likeness (QED) is 0.773. The Morgan fingerprint density at radius 1 is 1.28 bits per heavy atom. The second-order valence-corrected chi connectivity index (χ2v) is 6.16. The molecule has 0 aromatic rings. The second kappa shape index (κ2) is 6.16. The van der Waals surface area contributed by atoms with Crippen LogP contribution < -0.4 is 0 Å². The van der Waals surface area contributed by atoms with Crippen LogP contribution in [0, 0.1) is 11.8 Å². The molecule has 0 amide bonds. The van der Waals surface area contributed by atoms with E-state index in [1.165, 1.54) is 0 Å². The fourth-order valence-corrected chi connectivity index (χ4v) is 3.10. The fraction of sp³-hybridized carbons (Fsp3) is 0.933. The van der Waals surface area contributed by atoms with Gasteiger partial charge < -0.3 is 9.47 Å². The van der Waals surface area contributed by atoms with Crippen molar-refractivity contribution in [1.29, 1.82) is 0 Å². The number of Topliss-reactive ketones (excluding diaryl/α,β-unsaturated/α-hetero) is 1. The van der Waals surface area contributed by atoms with Gasteiger partial charge in [-0.2, -0.15) is 0 Å². The highest BCUT2D eigenvalue weighted by molar-refractivity contribution is 5.80. The summed E-state index contributed by atoms with van der Waals surface area (Å²) in [7, 11) is 0. The fourth-order valence-electron chi connectivity index (χ4n) is 3.10. The van der Waals surface area contributed by atoms with Gasteiger partial charge in [0.25, 0.3) is 0 Å². The summed E-state index contributed by atoms with van der Waals surface area (Å²) in [4.78, 5) is 11.7. The van der Waals surface area contributed by atoms with E-state index in [4.69, 9.17) is 9.47 Å². The monoisotopic (exact) mass is 254 g/mol. The van der Waals surface area contributed by atoms with Gasteiger partial charge in [-0.15, -0.1) is 0 Å². The number of hydrogen-bond donors (Lipinski definition) is 0. The molecule has 1 unspecified atom stereocenters. The maximum atomic E-state index is 11.7. The van der Waals surface area contributed by atoms with E-state index in [-0.39, 0.29) is 11.5 Å². The molecule has 2 rings (SSSR count). The number of rotatable bonds is 4. The van der Waals surface area contributed by atoms with E-state index in [2.05, 4.69) is 0 Å². The van der Waals surface area contributed by atoms with E-state index < -0.39 is 0 Å². The molecule has 2 aliphatic rings. The molecule has 3 nitrogen and oxygen atoms in total. The molecule has 104 valence electrons. The largest absolute Gasteiger partial charge is 0.381 e. The van der Waals surface area contributed by atoms with Gasteiger partial charge in [0, 0.05) is 32.2 Å². The summed E-state index contributed by atoms with van der Waals surface area (Å²) in [6, 6.07) is 0. The van der Waals surface area contributed by atoms with Crippen LogP contribution in [-0.2, 0) is 14.3 Å². The highest BCUT2D eigenvalue weighted by Gasteiger charge is 2.38. The van der Waals surface area contributed by atoms with Crippen LogP contribution in [0.1, 0.15) is 52.4 Å². The van der Waals surface area contributed by atoms with Crippen LogP contribution in [0.4, 0.5) is 0 Å². The van der Waals surface area contributed by atoms with E-state index in [1.54, 1.807) is 0 Å². The number of carbonyl (C=O) groups is 1. The van der Waals surface area contributed by atoms with Gasteiger partial charge in [-0.3, -0.25) is 4.79 Å². The summed E-state index contributed by atoms with van der Waals surface area (Å²) in [5.74, 6) is 1.25. The van der Waals surface area contributed by atoms with Crippen LogP contribution in [0.3, 0.4) is 0 Å². The van der Waals surface area contributed by atoms with Crippen molar-refractivity contribution >= 4 is 5.78 Å².